The van der Waals surface area contributed by atoms with Crippen molar-refractivity contribution in [2.75, 3.05) is 0 Å². The molecule has 0 aromatic rings. The quantitative estimate of drug-likeness (QED) is 0.696. The molecule has 0 saturated heterocycles. The van der Waals surface area contributed by atoms with E-state index in [0.717, 1.165) is 11.8 Å². The average Bonchev–Trinajstić information content (AvgIpc) is 2.29. The molecule has 1 aliphatic rings. The summed E-state index contributed by atoms with van der Waals surface area (Å²) in [7, 11) is 0. The van der Waals surface area contributed by atoms with E-state index in [1.165, 1.54) is 51.4 Å². The Hall–Kier alpha value is -0.0400. The van der Waals surface area contributed by atoms with E-state index in [1.807, 2.05) is 0 Å². The largest absolute Gasteiger partial charge is 0.325 e. The van der Waals surface area contributed by atoms with Crippen LogP contribution in [0.2, 0.25) is 0 Å². The van der Waals surface area contributed by atoms with Gasteiger partial charge < -0.3 is 5.73 Å². The van der Waals surface area contributed by atoms with E-state index in [-0.39, 0.29) is 5.54 Å². The Balaban J connectivity index is 2.42. The van der Waals surface area contributed by atoms with E-state index in [9.17, 15) is 0 Å². The normalized spacial score (nSPS) is 34.8. The second-order valence-electron chi connectivity index (χ2n) is 6.00. The number of rotatable bonds is 4. The highest BCUT2D eigenvalue weighted by molar-refractivity contribution is 4.88. The van der Waals surface area contributed by atoms with Gasteiger partial charge in [-0.25, -0.2) is 0 Å². The van der Waals surface area contributed by atoms with Crippen molar-refractivity contribution in [3.05, 3.63) is 0 Å². The maximum atomic E-state index is 6.55. The van der Waals surface area contributed by atoms with Crippen LogP contribution in [-0.4, -0.2) is 5.54 Å². The third-order valence-electron chi connectivity index (χ3n) is 4.04. The molecule has 1 heteroatoms. The molecule has 1 saturated carbocycles. The fourth-order valence-electron chi connectivity index (χ4n) is 3.10. The maximum absolute atomic E-state index is 6.55. The van der Waals surface area contributed by atoms with Gasteiger partial charge in [-0.2, -0.15) is 0 Å². The van der Waals surface area contributed by atoms with Crippen molar-refractivity contribution in [2.24, 2.45) is 17.6 Å². The first-order valence-corrected chi connectivity index (χ1v) is 6.84. The number of hydrogen-bond donors (Lipinski definition) is 1. The van der Waals surface area contributed by atoms with Crippen molar-refractivity contribution in [2.45, 2.75) is 77.7 Å². The maximum Gasteiger partial charge on any atom is 0.0157 e. The first kappa shape index (κ1) is 13.0. The van der Waals surface area contributed by atoms with Crippen LogP contribution >= 0.6 is 0 Å². The van der Waals surface area contributed by atoms with Gasteiger partial charge in [-0.3, -0.25) is 0 Å². The molecule has 90 valence electrons. The summed E-state index contributed by atoms with van der Waals surface area (Å²) in [6, 6.07) is 0. The Bertz CT molecular complexity index is 178. The summed E-state index contributed by atoms with van der Waals surface area (Å²) in [5.74, 6) is 1.71. The van der Waals surface area contributed by atoms with E-state index < -0.39 is 0 Å². The highest BCUT2D eigenvalue weighted by Crippen LogP contribution is 2.33. The van der Waals surface area contributed by atoms with Crippen LogP contribution in [-0.2, 0) is 0 Å². The Morgan fingerprint density at radius 3 is 2.73 bits per heavy atom. The molecule has 0 aromatic carbocycles. The Labute approximate surface area is 95.8 Å². The zero-order chi connectivity index (χ0) is 11.3. The monoisotopic (exact) mass is 211 g/mol. The molecule has 1 nitrogen and oxygen atoms in total. The van der Waals surface area contributed by atoms with E-state index >= 15 is 0 Å². The molecule has 0 aromatic heterocycles. The van der Waals surface area contributed by atoms with Crippen molar-refractivity contribution >= 4 is 0 Å². The van der Waals surface area contributed by atoms with Crippen molar-refractivity contribution in [1.29, 1.82) is 0 Å². The molecule has 0 amide bonds. The predicted octanol–water partition coefficient (Wildman–Crippen LogP) is 4.11. The minimum absolute atomic E-state index is 0.166. The third-order valence-corrected chi connectivity index (χ3v) is 4.04. The molecular formula is C14H29N. The Morgan fingerprint density at radius 2 is 2.07 bits per heavy atom. The Morgan fingerprint density at radius 1 is 1.33 bits per heavy atom. The molecule has 0 spiro atoms. The molecule has 0 radical (unpaired) electrons. The molecule has 1 rings (SSSR count). The van der Waals surface area contributed by atoms with Crippen molar-refractivity contribution in [1.82, 2.24) is 0 Å². The number of hydrogen-bond acceptors (Lipinski definition) is 1. The van der Waals surface area contributed by atoms with Gasteiger partial charge in [0.2, 0.25) is 0 Å². The molecule has 0 heterocycles. The highest BCUT2D eigenvalue weighted by atomic mass is 14.7. The zero-order valence-corrected chi connectivity index (χ0v) is 10.9. The minimum atomic E-state index is 0.166. The van der Waals surface area contributed by atoms with Gasteiger partial charge in [0.05, 0.1) is 0 Å². The lowest BCUT2D eigenvalue weighted by Crippen LogP contribution is -2.40. The van der Waals surface area contributed by atoms with E-state index in [0.29, 0.717) is 0 Å². The van der Waals surface area contributed by atoms with Crippen LogP contribution in [0.1, 0.15) is 72.1 Å². The summed E-state index contributed by atoms with van der Waals surface area (Å²) in [6.07, 6.45) is 10.5. The van der Waals surface area contributed by atoms with Crippen molar-refractivity contribution in [3.63, 3.8) is 0 Å². The number of nitrogens with two attached hydrogens (primary N) is 1. The lowest BCUT2D eigenvalue weighted by Gasteiger charge is -2.31. The first-order valence-electron chi connectivity index (χ1n) is 6.84. The highest BCUT2D eigenvalue weighted by Gasteiger charge is 2.29. The van der Waals surface area contributed by atoms with Gasteiger partial charge in [-0.1, -0.05) is 46.5 Å². The molecule has 0 aliphatic heterocycles. The molecule has 2 N–H and O–H groups in total. The average molecular weight is 211 g/mol. The van der Waals surface area contributed by atoms with Gasteiger partial charge in [0.1, 0.15) is 0 Å². The van der Waals surface area contributed by atoms with Crippen LogP contribution in [0.5, 0.6) is 0 Å². The molecule has 3 atom stereocenters. The first-order chi connectivity index (χ1) is 7.06. The minimum Gasteiger partial charge on any atom is -0.325 e. The molecule has 0 bridgehead atoms. The van der Waals surface area contributed by atoms with Gasteiger partial charge in [0.15, 0.2) is 0 Å². The SMILES string of the molecule is CCCC(C)CC1(N)CCCC(C)CC1. The predicted molar refractivity (Wildman–Crippen MR) is 67.9 cm³/mol. The molecule has 15 heavy (non-hydrogen) atoms. The topological polar surface area (TPSA) is 26.0 Å². The Kier molecular flexibility index (Phi) is 5.11. The second-order valence-corrected chi connectivity index (χ2v) is 6.00. The summed E-state index contributed by atoms with van der Waals surface area (Å²) in [5.41, 5.74) is 6.72. The van der Waals surface area contributed by atoms with Gasteiger partial charge in [-0.15, -0.1) is 0 Å². The second kappa shape index (κ2) is 5.89. The van der Waals surface area contributed by atoms with Crippen molar-refractivity contribution in [3.8, 4) is 0 Å². The van der Waals surface area contributed by atoms with Crippen LogP contribution in [0.15, 0.2) is 0 Å². The lowest BCUT2D eigenvalue weighted by atomic mass is 9.81. The fourth-order valence-corrected chi connectivity index (χ4v) is 3.10. The van der Waals surface area contributed by atoms with Crippen molar-refractivity contribution < 1.29 is 0 Å². The standard InChI is InChI=1S/C14H29N/c1-4-6-13(3)11-14(15)9-5-7-12(2)8-10-14/h12-13H,4-11,15H2,1-3H3. The molecule has 1 aliphatic carbocycles. The van der Waals surface area contributed by atoms with Crippen LogP contribution in [0.25, 0.3) is 0 Å². The summed E-state index contributed by atoms with van der Waals surface area (Å²) in [4.78, 5) is 0. The summed E-state index contributed by atoms with van der Waals surface area (Å²) in [5, 5.41) is 0. The van der Waals surface area contributed by atoms with Crippen LogP contribution in [0, 0.1) is 11.8 Å². The van der Waals surface area contributed by atoms with Gasteiger partial charge >= 0.3 is 0 Å². The smallest absolute Gasteiger partial charge is 0.0157 e. The van der Waals surface area contributed by atoms with Crippen LogP contribution < -0.4 is 5.73 Å². The fraction of sp³-hybridized carbons (Fsp3) is 1.00. The summed E-state index contributed by atoms with van der Waals surface area (Å²) < 4.78 is 0. The summed E-state index contributed by atoms with van der Waals surface area (Å²) >= 11 is 0. The van der Waals surface area contributed by atoms with Crippen LogP contribution in [0.3, 0.4) is 0 Å². The van der Waals surface area contributed by atoms with Gasteiger partial charge in [0, 0.05) is 5.54 Å². The van der Waals surface area contributed by atoms with Gasteiger partial charge in [0.25, 0.3) is 0 Å². The van der Waals surface area contributed by atoms with E-state index in [4.69, 9.17) is 5.73 Å². The zero-order valence-electron chi connectivity index (χ0n) is 10.9. The van der Waals surface area contributed by atoms with E-state index in [2.05, 4.69) is 20.8 Å². The van der Waals surface area contributed by atoms with Gasteiger partial charge in [-0.05, 0) is 37.5 Å². The van der Waals surface area contributed by atoms with Crippen LogP contribution in [0.4, 0.5) is 0 Å². The summed E-state index contributed by atoms with van der Waals surface area (Å²) in [6.45, 7) is 7.02. The molecular weight excluding hydrogens is 182 g/mol. The lowest BCUT2D eigenvalue weighted by molar-refractivity contribution is 0.281. The molecule has 3 unspecified atom stereocenters. The van der Waals surface area contributed by atoms with E-state index in [1.54, 1.807) is 0 Å². The molecule has 1 fully saturated rings. The third kappa shape index (κ3) is 4.55.